The minimum Gasteiger partial charge on any atom is -0.507 e. The molecule has 1 amide bonds. The second-order valence-electron chi connectivity index (χ2n) is 5.15. The predicted octanol–water partition coefficient (Wildman–Crippen LogP) is 2.51. The Balaban J connectivity index is 2.43. The number of hydrogen-bond acceptors (Lipinski definition) is 3. The van der Waals surface area contributed by atoms with E-state index in [1.807, 2.05) is 39.0 Å². The molecule has 17 heavy (non-hydrogen) atoms. The zero-order valence-corrected chi connectivity index (χ0v) is 10.3. The van der Waals surface area contributed by atoms with E-state index in [1.165, 1.54) is 0 Å². The predicted molar refractivity (Wildman–Crippen MR) is 63.8 cm³/mol. The maximum Gasteiger partial charge on any atom is 0.407 e. The largest absolute Gasteiger partial charge is 0.507 e. The summed E-state index contributed by atoms with van der Waals surface area (Å²) in [6.45, 7) is 6.18. The SMILES string of the molecule is Cc1cccc([C@H]2NC(=O)OCC2(C)C)c1O. The van der Waals surface area contributed by atoms with Crippen LogP contribution in [0.3, 0.4) is 0 Å². The van der Waals surface area contributed by atoms with E-state index < -0.39 is 6.09 Å². The number of para-hydroxylation sites is 1. The molecule has 0 aliphatic carbocycles. The number of carbonyl (C=O) groups excluding carboxylic acids is 1. The fraction of sp³-hybridized carbons (Fsp3) is 0.462. The van der Waals surface area contributed by atoms with Crippen LogP contribution in [0.4, 0.5) is 4.79 Å². The van der Waals surface area contributed by atoms with E-state index in [0.29, 0.717) is 6.61 Å². The number of carbonyl (C=O) groups is 1. The molecule has 1 heterocycles. The van der Waals surface area contributed by atoms with Crippen molar-refractivity contribution in [1.82, 2.24) is 5.32 Å². The Kier molecular flexibility index (Phi) is 2.73. The molecule has 2 N–H and O–H groups in total. The van der Waals surface area contributed by atoms with Crippen molar-refractivity contribution in [3.8, 4) is 5.75 Å². The number of hydrogen-bond donors (Lipinski definition) is 2. The lowest BCUT2D eigenvalue weighted by Gasteiger charge is -2.38. The Morgan fingerprint density at radius 3 is 2.88 bits per heavy atom. The van der Waals surface area contributed by atoms with Crippen molar-refractivity contribution in [2.24, 2.45) is 5.41 Å². The average molecular weight is 235 g/mol. The number of aryl methyl sites for hydroxylation is 1. The first-order valence-corrected chi connectivity index (χ1v) is 5.63. The zero-order valence-electron chi connectivity index (χ0n) is 10.3. The molecule has 1 saturated heterocycles. The summed E-state index contributed by atoms with van der Waals surface area (Å²) in [7, 11) is 0. The van der Waals surface area contributed by atoms with E-state index in [9.17, 15) is 9.90 Å². The number of phenols is 1. The summed E-state index contributed by atoms with van der Waals surface area (Å²) in [6.07, 6.45) is -0.435. The van der Waals surface area contributed by atoms with E-state index in [-0.39, 0.29) is 17.2 Å². The first-order chi connectivity index (χ1) is 7.92. The number of rotatable bonds is 1. The highest BCUT2D eigenvalue weighted by Crippen LogP contribution is 2.40. The summed E-state index contributed by atoms with van der Waals surface area (Å²) >= 11 is 0. The number of alkyl carbamates (subject to hydrolysis) is 1. The number of benzene rings is 1. The maximum atomic E-state index is 11.3. The van der Waals surface area contributed by atoms with Crippen molar-refractivity contribution < 1.29 is 14.6 Å². The number of ether oxygens (including phenoxy) is 1. The van der Waals surface area contributed by atoms with Crippen molar-refractivity contribution in [3.05, 3.63) is 29.3 Å². The highest BCUT2D eigenvalue weighted by atomic mass is 16.6. The van der Waals surface area contributed by atoms with E-state index in [4.69, 9.17) is 4.74 Å². The van der Waals surface area contributed by atoms with Gasteiger partial charge in [0.15, 0.2) is 0 Å². The molecule has 0 unspecified atom stereocenters. The lowest BCUT2D eigenvalue weighted by atomic mass is 9.79. The summed E-state index contributed by atoms with van der Waals surface area (Å²) in [6, 6.07) is 5.32. The third-order valence-corrected chi connectivity index (χ3v) is 3.20. The third-order valence-electron chi connectivity index (χ3n) is 3.20. The fourth-order valence-corrected chi connectivity index (χ4v) is 2.10. The second-order valence-corrected chi connectivity index (χ2v) is 5.15. The Morgan fingerprint density at radius 1 is 1.47 bits per heavy atom. The molecule has 2 rings (SSSR count). The standard InChI is InChI=1S/C13H17NO3/c1-8-5-4-6-9(10(8)15)11-13(2,3)7-17-12(16)14-11/h4-6,11,15H,7H2,1-3H3,(H,14,16)/t11-/m1/s1. The summed E-state index contributed by atoms with van der Waals surface area (Å²) < 4.78 is 4.98. The van der Waals surface area contributed by atoms with Crippen LogP contribution >= 0.6 is 0 Å². The molecule has 92 valence electrons. The summed E-state index contributed by atoms with van der Waals surface area (Å²) in [4.78, 5) is 11.3. The van der Waals surface area contributed by atoms with Crippen LogP contribution in [0.2, 0.25) is 0 Å². The molecule has 1 aliphatic rings. The van der Waals surface area contributed by atoms with E-state index in [0.717, 1.165) is 11.1 Å². The quantitative estimate of drug-likeness (QED) is 0.786. The average Bonchev–Trinajstić information content (AvgIpc) is 2.26. The number of cyclic esters (lactones) is 1. The van der Waals surface area contributed by atoms with E-state index in [2.05, 4.69) is 5.32 Å². The van der Waals surface area contributed by atoms with Gasteiger partial charge in [-0.25, -0.2) is 4.79 Å². The van der Waals surface area contributed by atoms with Gasteiger partial charge >= 0.3 is 6.09 Å². The van der Waals surface area contributed by atoms with Crippen LogP contribution in [0, 0.1) is 12.3 Å². The molecule has 0 radical (unpaired) electrons. The molecule has 1 aromatic rings. The summed E-state index contributed by atoms with van der Waals surface area (Å²) in [5.74, 6) is 0.243. The summed E-state index contributed by atoms with van der Waals surface area (Å²) in [5.41, 5.74) is 1.30. The van der Waals surface area contributed by atoms with Crippen LogP contribution in [0.5, 0.6) is 5.75 Å². The fourth-order valence-electron chi connectivity index (χ4n) is 2.10. The van der Waals surface area contributed by atoms with Crippen LogP contribution < -0.4 is 5.32 Å². The van der Waals surface area contributed by atoms with Gasteiger partial charge in [-0.2, -0.15) is 0 Å². The molecule has 0 spiro atoms. The minimum absolute atomic E-state index is 0.233. The molecule has 1 atom stereocenters. The molecular formula is C13H17NO3. The highest BCUT2D eigenvalue weighted by molar-refractivity contribution is 5.69. The van der Waals surface area contributed by atoms with E-state index >= 15 is 0 Å². The molecule has 4 heteroatoms. The smallest absolute Gasteiger partial charge is 0.407 e. The maximum absolute atomic E-state index is 11.3. The zero-order chi connectivity index (χ0) is 12.6. The monoisotopic (exact) mass is 235 g/mol. The van der Waals surface area contributed by atoms with Gasteiger partial charge in [-0.05, 0) is 12.5 Å². The van der Waals surface area contributed by atoms with Gasteiger partial charge in [0.1, 0.15) is 12.4 Å². The van der Waals surface area contributed by atoms with Crippen LogP contribution in [0.25, 0.3) is 0 Å². The van der Waals surface area contributed by atoms with Crippen molar-refractivity contribution >= 4 is 6.09 Å². The molecule has 1 aromatic carbocycles. The Morgan fingerprint density at radius 2 is 2.18 bits per heavy atom. The van der Waals surface area contributed by atoms with Crippen molar-refractivity contribution in [1.29, 1.82) is 0 Å². The Labute approximate surface area is 101 Å². The van der Waals surface area contributed by atoms with Gasteiger partial charge in [0.25, 0.3) is 0 Å². The lowest BCUT2D eigenvalue weighted by Crippen LogP contribution is -2.46. The van der Waals surface area contributed by atoms with Gasteiger partial charge in [0, 0.05) is 11.0 Å². The molecule has 1 aliphatic heterocycles. The highest BCUT2D eigenvalue weighted by Gasteiger charge is 2.39. The van der Waals surface area contributed by atoms with Crippen molar-refractivity contribution in [3.63, 3.8) is 0 Å². The number of nitrogens with one attached hydrogen (secondary N) is 1. The number of amides is 1. The van der Waals surface area contributed by atoms with Crippen LogP contribution in [0.1, 0.15) is 31.0 Å². The molecule has 1 fully saturated rings. The van der Waals surface area contributed by atoms with Gasteiger partial charge in [-0.15, -0.1) is 0 Å². The Bertz CT molecular complexity index is 454. The van der Waals surface area contributed by atoms with Gasteiger partial charge in [-0.3, -0.25) is 0 Å². The van der Waals surface area contributed by atoms with Gasteiger partial charge in [0.05, 0.1) is 6.04 Å². The molecular weight excluding hydrogens is 218 g/mol. The summed E-state index contributed by atoms with van der Waals surface area (Å²) in [5, 5.41) is 12.8. The second kappa shape index (κ2) is 3.95. The molecule has 0 bridgehead atoms. The van der Waals surface area contributed by atoms with Gasteiger partial charge < -0.3 is 15.2 Å². The van der Waals surface area contributed by atoms with Crippen molar-refractivity contribution in [2.45, 2.75) is 26.8 Å². The van der Waals surface area contributed by atoms with Gasteiger partial charge in [0.2, 0.25) is 0 Å². The first-order valence-electron chi connectivity index (χ1n) is 5.63. The lowest BCUT2D eigenvalue weighted by molar-refractivity contribution is 0.0381. The van der Waals surface area contributed by atoms with Crippen LogP contribution in [-0.2, 0) is 4.74 Å². The number of phenolic OH excluding ortho intramolecular Hbond substituents is 1. The van der Waals surface area contributed by atoms with Gasteiger partial charge in [-0.1, -0.05) is 32.0 Å². The van der Waals surface area contributed by atoms with E-state index in [1.54, 1.807) is 0 Å². The molecule has 4 nitrogen and oxygen atoms in total. The Hall–Kier alpha value is -1.71. The third kappa shape index (κ3) is 2.07. The van der Waals surface area contributed by atoms with Crippen molar-refractivity contribution in [2.75, 3.05) is 6.61 Å². The first kappa shape index (κ1) is 11.8. The minimum atomic E-state index is -0.435. The van der Waals surface area contributed by atoms with Crippen LogP contribution in [0.15, 0.2) is 18.2 Å². The normalized spacial score (nSPS) is 22.8. The molecule has 0 aromatic heterocycles. The van der Waals surface area contributed by atoms with Crippen LogP contribution in [-0.4, -0.2) is 17.8 Å². The topological polar surface area (TPSA) is 58.6 Å². The molecule has 0 saturated carbocycles. The number of aromatic hydroxyl groups is 1.